The summed E-state index contributed by atoms with van der Waals surface area (Å²) in [5.74, 6) is -0.700. The quantitative estimate of drug-likeness (QED) is 0.408. The zero-order valence-corrected chi connectivity index (χ0v) is 19.6. The van der Waals surface area contributed by atoms with Crippen molar-refractivity contribution in [2.24, 2.45) is 11.3 Å². The largest absolute Gasteiger partial charge is 0.454 e. The standard InChI is InChI=1S/C27H36O5/c1-17(2)20-12-13-27(16-28)23(31-25(30)19-8-6-5-7-9-19)14-18(3)10-11-22-26(4,32-22)15-21(29)24(20)27/h5-9,14,21-24,28-29H,10-13,15-16H2,1-4H3/b18-14+/t21-,22+,23+,24-,26+,27+/m1/s1. The third kappa shape index (κ3) is 4.18. The van der Waals surface area contributed by atoms with Crippen molar-refractivity contribution in [3.8, 4) is 0 Å². The van der Waals surface area contributed by atoms with Gasteiger partial charge in [0.15, 0.2) is 0 Å². The van der Waals surface area contributed by atoms with Crippen molar-refractivity contribution in [3.63, 3.8) is 0 Å². The Morgan fingerprint density at radius 1 is 1.22 bits per heavy atom. The van der Waals surface area contributed by atoms with Gasteiger partial charge in [-0.15, -0.1) is 0 Å². The molecule has 1 aliphatic heterocycles. The summed E-state index contributed by atoms with van der Waals surface area (Å²) in [6, 6.07) is 8.97. The molecule has 1 saturated carbocycles. The number of carbonyl (C=O) groups excluding carboxylic acids is 1. The van der Waals surface area contributed by atoms with Crippen LogP contribution in [0.4, 0.5) is 0 Å². The number of hydrogen-bond donors (Lipinski definition) is 2. The first kappa shape index (κ1) is 23.2. The predicted octanol–water partition coefficient (Wildman–Crippen LogP) is 4.59. The molecule has 1 aromatic carbocycles. The highest BCUT2D eigenvalue weighted by Gasteiger charge is 2.59. The average molecular weight is 441 g/mol. The highest BCUT2D eigenvalue weighted by Crippen LogP contribution is 2.56. The summed E-state index contributed by atoms with van der Waals surface area (Å²) >= 11 is 0. The molecule has 3 aliphatic rings. The van der Waals surface area contributed by atoms with Crippen molar-refractivity contribution in [2.75, 3.05) is 6.61 Å². The highest BCUT2D eigenvalue weighted by molar-refractivity contribution is 5.89. The molecule has 0 aromatic heterocycles. The van der Waals surface area contributed by atoms with Crippen molar-refractivity contribution < 1.29 is 24.5 Å². The molecule has 174 valence electrons. The summed E-state index contributed by atoms with van der Waals surface area (Å²) in [6.45, 7) is 8.08. The lowest BCUT2D eigenvalue weighted by atomic mass is 9.68. The van der Waals surface area contributed by atoms with Crippen LogP contribution in [0.25, 0.3) is 0 Å². The van der Waals surface area contributed by atoms with E-state index in [1.165, 1.54) is 5.57 Å². The third-order valence-corrected chi connectivity index (χ3v) is 7.87. The van der Waals surface area contributed by atoms with E-state index in [0.717, 1.165) is 30.4 Å². The number of ether oxygens (including phenoxy) is 2. The molecule has 2 N–H and O–H groups in total. The van der Waals surface area contributed by atoms with E-state index in [9.17, 15) is 15.0 Å². The Morgan fingerprint density at radius 2 is 1.94 bits per heavy atom. The van der Waals surface area contributed by atoms with Gasteiger partial charge in [-0.2, -0.15) is 0 Å². The van der Waals surface area contributed by atoms with Crippen LogP contribution in [0.1, 0.15) is 70.2 Å². The van der Waals surface area contributed by atoms with Gasteiger partial charge >= 0.3 is 5.97 Å². The first-order valence-corrected chi connectivity index (χ1v) is 11.8. The monoisotopic (exact) mass is 440 g/mol. The van der Waals surface area contributed by atoms with E-state index >= 15 is 0 Å². The first-order chi connectivity index (χ1) is 15.2. The lowest BCUT2D eigenvalue weighted by Gasteiger charge is -2.42. The Kier molecular flexibility index (Phi) is 6.36. The Hall–Kier alpha value is -1.95. The topological polar surface area (TPSA) is 79.3 Å². The lowest BCUT2D eigenvalue weighted by molar-refractivity contribution is -0.0690. The molecule has 32 heavy (non-hydrogen) atoms. The molecule has 6 atom stereocenters. The first-order valence-electron chi connectivity index (χ1n) is 11.8. The molecule has 2 fully saturated rings. The molecule has 4 rings (SSSR count). The number of aliphatic hydroxyl groups is 2. The van der Waals surface area contributed by atoms with Crippen LogP contribution in [0.2, 0.25) is 0 Å². The molecule has 0 unspecified atom stereocenters. The minimum Gasteiger partial charge on any atom is -0.454 e. The van der Waals surface area contributed by atoms with E-state index in [0.29, 0.717) is 18.4 Å². The third-order valence-electron chi connectivity index (χ3n) is 7.87. The van der Waals surface area contributed by atoms with Crippen LogP contribution in [0.15, 0.2) is 53.1 Å². The summed E-state index contributed by atoms with van der Waals surface area (Å²) in [6.07, 6.45) is 4.48. The maximum Gasteiger partial charge on any atom is 0.338 e. The fraction of sp³-hybridized carbons (Fsp3) is 0.593. The summed E-state index contributed by atoms with van der Waals surface area (Å²) in [7, 11) is 0. The van der Waals surface area contributed by atoms with E-state index in [1.54, 1.807) is 12.1 Å². The van der Waals surface area contributed by atoms with Gasteiger partial charge in [0.1, 0.15) is 6.10 Å². The SMILES string of the molecule is CC(C)=C1CC[C@]2(CO)[C@@H](OC(=O)c3ccccc3)/C=C(\C)CC[C@@H]3O[C@@]3(C)C[C@@H](O)[C@@H]12. The smallest absolute Gasteiger partial charge is 0.338 e. The number of hydrogen-bond acceptors (Lipinski definition) is 5. The van der Waals surface area contributed by atoms with Gasteiger partial charge in [0.05, 0.1) is 30.0 Å². The number of esters is 1. The van der Waals surface area contributed by atoms with Crippen molar-refractivity contribution in [3.05, 3.63) is 58.7 Å². The lowest BCUT2D eigenvalue weighted by Crippen LogP contribution is -2.48. The number of aliphatic hydroxyl groups excluding tert-OH is 2. The van der Waals surface area contributed by atoms with E-state index in [-0.39, 0.29) is 24.2 Å². The Bertz CT molecular complexity index is 915. The van der Waals surface area contributed by atoms with E-state index in [1.807, 2.05) is 31.2 Å². The summed E-state index contributed by atoms with van der Waals surface area (Å²) in [5, 5.41) is 22.3. The van der Waals surface area contributed by atoms with Crippen LogP contribution in [0.5, 0.6) is 0 Å². The number of allylic oxidation sites excluding steroid dienone is 2. The number of rotatable bonds is 3. The second-order valence-corrected chi connectivity index (χ2v) is 10.3. The average Bonchev–Trinajstić information content (AvgIpc) is 3.22. The molecule has 5 heteroatoms. The molecule has 1 heterocycles. The van der Waals surface area contributed by atoms with Gasteiger partial charge < -0.3 is 19.7 Å². The van der Waals surface area contributed by atoms with Crippen LogP contribution in [0.3, 0.4) is 0 Å². The number of epoxide rings is 1. The van der Waals surface area contributed by atoms with Crippen LogP contribution in [0, 0.1) is 11.3 Å². The molecule has 0 radical (unpaired) electrons. The predicted molar refractivity (Wildman–Crippen MR) is 123 cm³/mol. The number of carbonyl (C=O) groups is 1. The second kappa shape index (κ2) is 8.77. The second-order valence-electron chi connectivity index (χ2n) is 10.3. The maximum atomic E-state index is 13.1. The molecule has 0 spiro atoms. The van der Waals surface area contributed by atoms with Crippen molar-refractivity contribution in [1.82, 2.24) is 0 Å². The minimum atomic E-state index is -0.775. The zero-order chi connectivity index (χ0) is 23.1. The van der Waals surface area contributed by atoms with Gasteiger partial charge in [-0.05, 0) is 71.6 Å². The van der Waals surface area contributed by atoms with Crippen LogP contribution in [-0.2, 0) is 9.47 Å². The van der Waals surface area contributed by atoms with E-state index in [4.69, 9.17) is 9.47 Å². The fourth-order valence-corrected chi connectivity index (χ4v) is 5.93. The van der Waals surface area contributed by atoms with Crippen LogP contribution < -0.4 is 0 Å². The van der Waals surface area contributed by atoms with Crippen molar-refractivity contribution in [1.29, 1.82) is 0 Å². The van der Waals surface area contributed by atoms with Gasteiger partial charge in [-0.25, -0.2) is 4.79 Å². The van der Waals surface area contributed by atoms with Crippen molar-refractivity contribution >= 4 is 5.97 Å². The normalized spacial score (nSPS) is 38.6. The van der Waals surface area contributed by atoms with Gasteiger partial charge in [0, 0.05) is 17.8 Å². The van der Waals surface area contributed by atoms with Crippen LogP contribution in [-0.4, -0.2) is 46.7 Å². The molecule has 0 amide bonds. The molecule has 0 bridgehead atoms. The molecular weight excluding hydrogens is 404 g/mol. The van der Waals surface area contributed by atoms with Gasteiger partial charge in [-0.1, -0.05) is 34.9 Å². The molecule has 5 nitrogen and oxygen atoms in total. The summed E-state index contributed by atoms with van der Waals surface area (Å²) in [4.78, 5) is 13.1. The Labute approximate surface area is 191 Å². The van der Waals surface area contributed by atoms with Crippen molar-refractivity contribution in [2.45, 2.75) is 83.7 Å². The summed E-state index contributed by atoms with van der Waals surface area (Å²) in [5.41, 5.74) is 2.81. The molecule has 2 aliphatic carbocycles. The Balaban J connectivity index is 1.78. The Morgan fingerprint density at radius 3 is 2.59 bits per heavy atom. The van der Waals surface area contributed by atoms with Gasteiger partial charge in [-0.3, -0.25) is 0 Å². The van der Waals surface area contributed by atoms with E-state index in [2.05, 4.69) is 20.8 Å². The summed E-state index contributed by atoms with van der Waals surface area (Å²) < 4.78 is 12.1. The maximum absolute atomic E-state index is 13.1. The van der Waals surface area contributed by atoms with Gasteiger partial charge in [0.2, 0.25) is 0 Å². The molecule has 1 saturated heterocycles. The highest BCUT2D eigenvalue weighted by atomic mass is 16.6. The molecular formula is C27H36O5. The van der Waals surface area contributed by atoms with Crippen LogP contribution >= 0.6 is 0 Å². The van der Waals surface area contributed by atoms with Gasteiger partial charge in [0.25, 0.3) is 0 Å². The fourth-order valence-electron chi connectivity index (χ4n) is 5.93. The minimum absolute atomic E-state index is 0.129. The number of benzene rings is 1. The zero-order valence-electron chi connectivity index (χ0n) is 19.6. The molecule has 1 aromatic rings. The number of fused-ring (bicyclic) bond motifs is 2. The van der Waals surface area contributed by atoms with E-state index < -0.39 is 23.6 Å².